The van der Waals surface area contributed by atoms with Crippen LogP contribution in [-0.4, -0.2) is 11.3 Å². The fraction of sp³-hybridized carbons (Fsp3) is 0. The molecule has 0 aliphatic carbocycles. The topological polar surface area (TPSA) is 32.6 Å². The second-order valence-electron chi connectivity index (χ2n) is 3.88. The van der Waals surface area contributed by atoms with Gasteiger partial charge in [-0.3, -0.25) is 4.99 Å². The molecule has 0 aliphatic heterocycles. The van der Waals surface area contributed by atoms with Gasteiger partial charge in [-0.2, -0.15) is 12.6 Å². The Morgan fingerprint density at radius 1 is 1.05 bits per heavy atom. The minimum Gasteiger partial charge on any atom is -0.506 e. The van der Waals surface area contributed by atoms with Crippen molar-refractivity contribution in [3.8, 4) is 5.75 Å². The first-order valence-electron chi connectivity index (χ1n) is 5.66. The number of phenols is 1. The lowest BCUT2D eigenvalue weighted by Crippen LogP contribution is -1.82. The average molecular weight is 287 g/mol. The zero-order valence-electron chi connectivity index (χ0n) is 10.1. The van der Waals surface area contributed by atoms with Crippen LogP contribution in [0.25, 0.3) is 4.91 Å². The smallest absolute Gasteiger partial charge is 0.141 e. The minimum atomic E-state index is 0.172. The molecule has 96 valence electrons. The van der Waals surface area contributed by atoms with Gasteiger partial charge >= 0.3 is 0 Å². The molecule has 0 aromatic heterocycles. The summed E-state index contributed by atoms with van der Waals surface area (Å²) in [5, 5.41) is 11.2. The lowest BCUT2D eigenvalue weighted by atomic mass is 10.1. The molecule has 4 heteroatoms. The fourth-order valence-electron chi connectivity index (χ4n) is 1.53. The Hall–Kier alpha value is -1.65. The van der Waals surface area contributed by atoms with Crippen LogP contribution in [0.2, 0.25) is 0 Å². The van der Waals surface area contributed by atoms with Crippen molar-refractivity contribution in [2.24, 2.45) is 4.99 Å². The van der Waals surface area contributed by atoms with Crippen LogP contribution >= 0.6 is 25.3 Å². The molecule has 0 heterocycles. The largest absolute Gasteiger partial charge is 0.506 e. The van der Waals surface area contributed by atoms with Gasteiger partial charge in [0, 0.05) is 11.1 Å². The maximum absolute atomic E-state index is 9.60. The summed E-state index contributed by atoms with van der Waals surface area (Å²) >= 11 is 8.36. The third-order valence-corrected chi connectivity index (χ3v) is 3.41. The van der Waals surface area contributed by atoms with Crippen molar-refractivity contribution in [3.05, 3.63) is 65.1 Å². The molecule has 0 spiro atoms. The molecule has 1 N–H and O–H groups in total. The van der Waals surface area contributed by atoms with Crippen molar-refractivity contribution in [2.75, 3.05) is 0 Å². The van der Waals surface area contributed by atoms with Gasteiger partial charge in [-0.15, -0.1) is 12.6 Å². The Morgan fingerprint density at radius 2 is 1.74 bits per heavy atom. The summed E-state index contributed by atoms with van der Waals surface area (Å²) in [5.41, 5.74) is 2.50. The summed E-state index contributed by atoms with van der Waals surface area (Å²) in [7, 11) is 0. The van der Waals surface area contributed by atoms with E-state index in [0.29, 0.717) is 5.69 Å². The van der Waals surface area contributed by atoms with Gasteiger partial charge in [0.1, 0.15) is 11.4 Å². The number of para-hydroxylation sites is 2. The summed E-state index contributed by atoms with van der Waals surface area (Å²) in [6, 6.07) is 14.7. The van der Waals surface area contributed by atoms with Crippen LogP contribution < -0.4 is 0 Å². The van der Waals surface area contributed by atoms with Gasteiger partial charge in [0.05, 0.1) is 0 Å². The first-order chi connectivity index (χ1) is 9.20. The molecule has 0 aliphatic rings. The highest BCUT2D eigenvalue weighted by molar-refractivity contribution is 7.92. The standard InChI is InChI=1S/C15H13NOS2/c17-14-4-2-1-3-13(14)16-9-11-5-7-12(8-6-11)15(19)10-18/h1-10,17-19H/b15-10-,16-9?. The summed E-state index contributed by atoms with van der Waals surface area (Å²) in [6.45, 7) is 0. The van der Waals surface area contributed by atoms with E-state index in [9.17, 15) is 5.11 Å². The number of benzene rings is 2. The molecule has 19 heavy (non-hydrogen) atoms. The highest BCUT2D eigenvalue weighted by atomic mass is 32.1. The van der Waals surface area contributed by atoms with Crippen molar-refractivity contribution in [2.45, 2.75) is 0 Å². The van der Waals surface area contributed by atoms with Gasteiger partial charge < -0.3 is 5.11 Å². The Kier molecular flexibility index (Phi) is 4.71. The number of aromatic hydroxyl groups is 1. The van der Waals surface area contributed by atoms with Crippen LogP contribution in [-0.2, 0) is 0 Å². The quantitative estimate of drug-likeness (QED) is 0.571. The highest BCUT2D eigenvalue weighted by Crippen LogP contribution is 2.25. The van der Waals surface area contributed by atoms with Crippen LogP contribution in [0, 0.1) is 0 Å². The predicted octanol–water partition coefficient (Wildman–Crippen LogP) is 4.30. The summed E-state index contributed by atoms with van der Waals surface area (Å²) in [5.74, 6) is 0.172. The summed E-state index contributed by atoms with van der Waals surface area (Å²) < 4.78 is 0. The Labute approximate surface area is 123 Å². The maximum Gasteiger partial charge on any atom is 0.141 e. The number of rotatable bonds is 3. The zero-order valence-corrected chi connectivity index (χ0v) is 11.9. The van der Waals surface area contributed by atoms with Crippen molar-refractivity contribution in [1.29, 1.82) is 0 Å². The molecule has 2 aromatic rings. The molecule has 0 radical (unpaired) electrons. The zero-order chi connectivity index (χ0) is 13.7. The lowest BCUT2D eigenvalue weighted by Gasteiger charge is -2.00. The molecular weight excluding hydrogens is 274 g/mol. The molecule has 2 aromatic carbocycles. The highest BCUT2D eigenvalue weighted by Gasteiger charge is 1.97. The van der Waals surface area contributed by atoms with Gasteiger partial charge in [-0.05, 0) is 28.7 Å². The molecule has 0 atom stereocenters. The first kappa shape index (κ1) is 13.8. The van der Waals surface area contributed by atoms with Gasteiger partial charge in [0.15, 0.2) is 0 Å². The molecule has 0 saturated carbocycles. The third-order valence-electron chi connectivity index (χ3n) is 2.56. The van der Waals surface area contributed by atoms with E-state index in [4.69, 9.17) is 0 Å². The molecule has 2 rings (SSSR count). The van der Waals surface area contributed by atoms with Crippen LogP contribution in [0.5, 0.6) is 5.75 Å². The minimum absolute atomic E-state index is 0.172. The molecule has 0 fully saturated rings. The van der Waals surface area contributed by atoms with Crippen molar-refractivity contribution in [1.82, 2.24) is 0 Å². The van der Waals surface area contributed by atoms with E-state index < -0.39 is 0 Å². The molecule has 2 nitrogen and oxygen atoms in total. The molecular formula is C15H13NOS2. The van der Waals surface area contributed by atoms with E-state index in [1.165, 1.54) is 0 Å². The van der Waals surface area contributed by atoms with E-state index in [0.717, 1.165) is 16.0 Å². The fourth-order valence-corrected chi connectivity index (χ4v) is 1.83. The van der Waals surface area contributed by atoms with Crippen molar-refractivity contribution >= 4 is 42.1 Å². The van der Waals surface area contributed by atoms with Crippen LogP contribution in [0.4, 0.5) is 5.69 Å². The second kappa shape index (κ2) is 6.50. The molecule has 0 bridgehead atoms. The van der Waals surface area contributed by atoms with Gasteiger partial charge in [-0.25, -0.2) is 0 Å². The summed E-state index contributed by atoms with van der Waals surface area (Å²) in [6.07, 6.45) is 1.71. The SMILES string of the molecule is Oc1ccccc1N=Cc1ccc(/C(S)=C/S)cc1. The van der Waals surface area contributed by atoms with E-state index >= 15 is 0 Å². The van der Waals surface area contributed by atoms with Crippen molar-refractivity contribution in [3.63, 3.8) is 0 Å². The monoisotopic (exact) mass is 287 g/mol. The Morgan fingerprint density at radius 3 is 2.37 bits per heavy atom. The summed E-state index contributed by atoms with van der Waals surface area (Å²) in [4.78, 5) is 5.06. The van der Waals surface area contributed by atoms with E-state index in [2.05, 4.69) is 30.2 Å². The average Bonchev–Trinajstić information content (AvgIpc) is 2.46. The Balaban J connectivity index is 2.18. The number of hydrogen-bond donors (Lipinski definition) is 3. The maximum atomic E-state index is 9.60. The van der Waals surface area contributed by atoms with Crippen molar-refractivity contribution < 1.29 is 5.11 Å². The number of thiol groups is 2. The van der Waals surface area contributed by atoms with Gasteiger partial charge in [-0.1, -0.05) is 36.4 Å². The first-order valence-corrected chi connectivity index (χ1v) is 6.63. The van der Waals surface area contributed by atoms with E-state index in [-0.39, 0.29) is 5.75 Å². The van der Waals surface area contributed by atoms with Crippen LogP contribution in [0.3, 0.4) is 0 Å². The number of aliphatic imine (C=N–C) groups is 1. The molecule has 0 unspecified atom stereocenters. The van der Waals surface area contributed by atoms with E-state index in [1.54, 1.807) is 29.8 Å². The second-order valence-corrected chi connectivity index (χ2v) is 4.62. The van der Waals surface area contributed by atoms with Gasteiger partial charge in [0.25, 0.3) is 0 Å². The third kappa shape index (κ3) is 3.66. The number of phenolic OH excluding ortho intramolecular Hbond substituents is 1. The van der Waals surface area contributed by atoms with E-state index in [1.807, 2.05) is 30.3 Å². The predicted molar refractivity (Wildman–Crippen MR) is 87.8 cm³/mol. The Bertz CT molecular complexity index is 618. The lowest BCUT2D eigenvalue weighted by molar-refractivity contribution is 0.477. The normalized spacial score (nSPS) is 12.0. The van der Waals surface area contributed by atoms with Crippen LogP contribution in [0.15, 0.2) is 58.9 Å². The number of hydrogen-bond acceptors (Lipinski definition) is 4. The van der Waals surface area contributed by atoms with Gasteiger partial charge in [0.2, 0.25) is 0 Å². The molecule has 0 amide bonds. The van der Waals surface area contributed by atoms with Crippen LogP contribution in [0.1, 0.15) is 11.1 Å². The number of nitrogens with zero attached hydrogens (tertiary/aromatic N) is 1. The molecule has 0 saturated heterocycles.